The van der Waals surface area contributed by atoms with Crippen LogP contribution < -0.4 is 4.74 Å². The van der Waals surface area contributed by atoms with E-state index in [0.29, 0.717) is 5.69 Å². The van der Waals surface area contributed by atoms with Crippen molar-refractivity contribution in [2.45, 2.75) is 6.54 Å². The van der Waals surface area contributed by atoms with Gasteiger partial charge in [-0.05, 0) is 43.4 Å². The molecule has 0 aliphatic carbocycles. The number of ether oxygens (including phenoxy) is 1. The summed E-state index contributed by atoms with van der Waals surface area (Å²) in [5.41, 5.74) is 3.43. The molecule has 28 heavy (non-hydrogen) atoms. The van der Waals surface area contributed by atoms with Crippen LogP contribution in [-0.2, 0) is 6.54 Å². The lowest BCUT2D eigenvalue weighted by Gasteiger charge is -2.32. The van der Waals surface area contributed by atoms with Gasteiger partial charge in [-0.3, -0.25) is 4.90 Å². The first kappa shape index (κ1) is 18.7. The molecule has 0 N–H and O–H groups in total. The molecule has 1 aliphatic heterocycles. The zero-order valence-electron chi connectivity index (χ0n) is 16.3. The molecule has 0 bridgehead atoms. The van der Waals surface area contributed by atoms with E-state index in [0.717, 1.165) is 55.3 Å². The van der Waals surface area contributed by atoms with Gasteiger partial charge in [-0.15, -0.1) is 0 Å². The van der Waals surface area contributed by atoms with Crippen molar-refractivity contribution in [3.8, 4) is 22.7 Å². The van der Waals surface area contributed by atoms with Gasteiger partial charge in [-0.1, -0.05) is 12.1 Å². The van der Waals surface area contributed by atoms with Gasteiger partial charge in [0.05, 0.1) is 12.8 Å². The number of aromatic nitrogens is 2. The zero-order chi connectivity index (χ0) is 19.5. The van der Waals surface area contributed by atoms with E-state index in [9.17, 15) is 4.39 Å². The molecule has 0 amide bonds. The number of likely N-dealkylation sites (N-methyl/N-ethyl adjacent to an activating group) is 1. The van der Waals surface area contributed by atoms with Gasteiger partial charge in [0.1, 0.15) is 17.3 Å². The fraction of sp³-hybridized carbons (Fsp3) is 0.318. The van der Waals surface area contributed by atoms with Crippen molar-refractivity contribution >= 4 is 0 Å². The Bertz CT molecular complexity index is 930. The Hall–Kier alpha value is -2.70. The molecular formula is C22H25FN4O. The first-order chi connectivity index (χ1) is 13.6. The van der Waals surface area contributed by atoms with E-state index in [2.05, 4.69) is 16.8 Å². The van der Waals surface area contributed by atoms with Crippen molar-refractivity contribution in [2.75, 3.05) is 40.3 Å². The number of halogens is 1. The maximum Gasteiger partial charge on any atom is 0.148 e. The molecule has 1 aliphatic rings. The second-order valence-corrected chi connectivity index (χ2v) is 7.21. The molecule has 5 nitrogen and oxygen atoms in total. The second kappa shape index (κ2) is 8.12. The van der Waals surface area contributed by atoms with Gasteiger partial charge in [0.2, 0.25) is 0 Å². The van der Waals surface area contributed by atoms with Gasteiger partial charge in [0.15, 0.2) is 0 Å². The highest BCUT2D eigenvalue weighted by atomic mass is 19.1. The summed E-state index contributed by atoms with van der Waals surface area (Å²) in [6.07, 6.45) is 1.95. The molecule has 0 spiro atoms. The van der Waals surface area contributed by atoms with Crippen LogP contribution in [0, 0.1) is 5.82 Å². The van der Waals surface area contributed by atoms with E-state index in [-0.39, 0.29) is 5.82 Å². The molecule has 1 fully saturated rings. The van der Waals surface area contributed by atoms with Crippen molar-refractivity contribution in [3.63, 3.8) is 0 Å². The zero-order valence-corrected chi connectivity index (χ0v) is 16.3. The number of methoxy groups -OCH3 is 1. The smallest absolute Gasteiger partial charge is 0.148 e. The van der Waals surface area contributed by atoms with Crippen molar-refractivity contribution < 1.29 is 9.13 Å². The Morgan fingerprint density at radius 1 is 1.00 bits per heavy atom. The summed E-state index contributed by atoms with van der Waals surface area (Å²) in [6.45, 7) is 4.94. The standard InChI is InChI=1S/C22H25FN4O/c1-25-11-13-26(14-12-25)15-18-16-27(21-6-4-3-5-20(21)23)24-22(18)17-7-9-19(28-2)10-8-17/h3-10,16H,11-15H2,1-2H3. The summed E-state index contributed by atoms with van der Waals surface area (Å²) >= 11 is 0. The number of rotatable bonds is 5. The molecule has 4 rings (SSSR count). The first-order valence-electron chi connectivity index (χ1n) is 9.53. The van der Waals surface area contributed by atoms with Gasteiger partial charge >= 0.3 is 0 Å². The summed E-state index contributed by atoms with van der Waals surface area (Å²) in [5.74, 6) is 0.523. The van der Waals surface area contributed by atoms with E-state index >= 15 is 0 Å². The largest absolute Gasteiger partial charge is 0.497 e. The number of nitrogens with zero attached hydrogens (tertiary/aromatic N) is 4. The number of piperazine rings is 1. The average molecular weight is 380 g/mol. The third-order valence-electron chi connectivity index (χ3n) is 5.24. The molecule has 3 aromatic rings. The molecule has 0 radical (unpaired) electrons. The van der Waals surface area contributed by atoms with E-state index < -0.39 is 0 Å². The third-order valence-corrected chi connectivity index (χ3v) is 5.24. The normalized spacial score (nSPS) is 15.7. The van der Waals surface area contributed by atoms with Crippen LogP contribution in [0.4, 0.5) is 4.39 Å². The van der Waals surface area contributed by atoms with Gasteiger partial charge in [0.25, 0.3) is 0 Å². The van der Waals surface area contributed by atoms with Crippen molar-refractivity contribution in [1.29, 1.82) is 0 Å². The lowest BCUT2D eigenvalue weighted by molar-refractivity contribution is 0.148. The Kier molecular flexibility index (Phi) is 5.41. The Morgan fingerprint density at radius 3 is 2.39 bits per heavy atom. The number of benzene rings is 2. The minimum absolute atomic E-state index is 0.280. The highest BCUT2D eigenvalue weighted by Gasteiger charge is 2.19. The highest BCUT2D eigenvalue weighted by Crippen LogP contribution is 2.27. The van der Waals surface area contributed by atoms with Crippen LogP contribution in [0.2, 0.25) is 0 Å². The van der Waals surface area contributed by atoms with Crippen LogP contribution in [0.3, 0.4) is 0 Å². The van der Waals surface area contributed by atoms with E-state index in [4.69, 9.17) is 9.84 Å². The lowest BCUT2D eigenvalue weighted by atomic mass is 10.1. The summed E-state index contributed by atoms with van der Waals surface area (Å²) in [7, 11) is 3.80. The Morgan fingerprint density at radius 2 is 1.71 bits per heavy atom. The molecule has 0 atom stereocenters. The molecule has 0 unspecified atom stereocenters. The summed E-state index contributed by atoms with van der Waals surface area (Å²) in [4.78, 5) is 4.76. The molecule has 2 heterocycles. The summed E-state index contributed by atoms with van der Waals surface area (Å²) in [5, 5.41) is 4.75. The minimum Gasteiger partial charge on any atom is -0.497 e. The van der Waals surface area contributed by atoms with Gasteiger partial charge < -0.3 is 9.64 Å². The first-order valence-corrected chi connectivity index (χ1v) is 9.53. The quantitative estimate of drug-likeness (QED) is 0.679. The number of hydrogen-bond acceptors (Lipinski definition) is 4. The maximum atomic E-state index is 14.3. The predicted octanol–water partition coefficient (Wildman–Crippen LogP) is 3.43. The number of hydrogen-bond donors (Lipinski definition) is 0. The van der Waals surface area contributed by atoms with Crippen molar-refractivity contribution in [2.24, 2.45) is 0 Å². The lowest BCUT2D eigenvalue weighted by Crippen LogP contribution is -2.43. The molecule has 0 saturated carbocycles. The van der Waals surface area contributed by atoms with Gasteiger partial charge in [0, 0.05) is 50.0 Å². The fourth-order valence-electron chi connectivity index (χ4n) is 3.53. The third kappa shape index (κ3) is 3.93. The fourth-order valence-corrected chi connectivity index (χ4v) is 3.53. The van der Waals surface area contributed by atoms with Crippen LogP contribution in [0.1, 0.15) is 5.56 Å². The molecule has 146 valence electrons. The van der Waals surface area contributed by atoms with Crippen LogP contribution in [0.15, 0.2) is 54.7 Å². The average Bonchev–Trinajstić information content (AvgIpc) is 3.13. The van der Waals surface area contributed by atoms with Crippen molar-refractivity contribution in [1.82, 2.24) is 19.6 Å². The van der Waals surface area contributed by atoms with Gasteiger partial charge in [-0.25, -0.2) is 9.07 Å². The van der Waals surface area contributed by atoms with E-state index in [1.807, 2.05) is 36.5 Å². The van der Waals surface area contributed by atoms with Crippen LogP contribution in [-0.4, -0.2) is 59.9 Å². The van der Waals surface area contributed by atoms with E-state index in [1.165, 1.54) is 6.07 Å². The van der Waals surface area contributed by atoms with Crippen molar-refractivity contribution in [3.05, 3.63) is 66.1 Å². The molecule has 6 heteroatoms. The van der Waals surface area contributed by atoms with E-state index in [1.54, 1.807) is 23.9 Å². The monoisotopic (exact) mass is 380 g/mol. The molecule has 1 aromatic heterocycles. The van der Waals surface area contributed by atoms with Gasteiger partial charge in [-0.2, -0.15) is 5.10 Å². The Balaban J connectivity index is 1.70. The molecular weight excluding hydrogens is 355 g/mol. The second-order valence-electron chi connectivity index (χ2n) is 7.21. The maximum absolute atomic E-state index is 14.3. The van der Waals surface area contributed by atoms with Crippen LogP contribution >= 0.6 is 0 Å². The number of para-hydroxylation sites is 1. The SMILES string of the molecule is COc1ccc(-c2nn(-c3ccccc3F)cc2CN2CCN(C)CC2)cc1. The van der Waals surface area contributed by atoms with Crippen LogP contribution in [0.5, 0.6) is 5.75 Å². The molecule has 1 saturated heterocycles. The summed E-state index contributed by atoms with van der Waals surface area (Å²) in [6, 6.07) is 14.6. The topological polar surface area (TPSA) is 33.5 Å². The minimum atomic E-state index is -0.280. The van der Waals surface area contributed by atoms with Crippen LogP contribution in [0.25, 0.3) is 16.9 Å². The predicted molar refractivity (Wildman–Crippen MR) is 108 cm³/mol. The summed E-state index contributed by atoms with van der Waals surface area (Å²) < 4.78 is 21.2. The highest BCUT2D eigenvalue weighted by molar-refractivity contribution is 5.64. The molecule has 2 aromatic carbocycles. The Labute approximate surface area is 165 Å².